The summed E-state index contributed by atoms with van der Waals surface area (Å²) in [6.45, 7) is 1.22. The van der Waals surface area contributed by atoms with Crippen LogP contribution in [0.25, 0.3) is 0 Å². The number of nitrogens with zero attached hydrogens (tertiary/aromatic N) is 2. The lowest BCUT2D eigenvalue weighted by atomic mass is 10.1. The molecule has 1 aliphatic heterocycles. The Bertz CT molecular complexity index is 802. The molecule has 5 nitrogen and oxygen atoms in total. The van der Waals surface area contributed by atoms with E-state index in [2.05, 4.69) is 15.6 Å². The summed E-state index contributed by atoms with van der Waals surface area (Å²) in [6.07, 6.45) is -2.31. The molecule has 2 aromatic rings. The van der Waals surface area contributed by atoms with Crippen LogP contribution in [-0.2, 0) is 12.7 Å². The zero-order valence-electron chi connectivity index (χ0n) is 15.0. The van der Waals surface area contributed by atoms with Gasteiger partial charge in [0, 0.05) is 37.4 Å². The van der Waals surface area contributed by atoms with Gasteiger partial charge in [0.25, 0.3) is 0 Å². The van der Waals surface area contributed by atoms with E-state index < -0.39 is 11.7 Å². The Morgan fingerprint density at radius 2 is 1.86 bits per heavy atom. The van der Waals surface area contributed by atoms with Crippen molar-refractivity contribution in [2.24, 2.45) is 0 Å². The largest absolute Gasteiger partial charge is 0.417 e. The van der Waals surface area contributed by atoms with Crippen molar-refractivity contribution in [1.29, 1.82) is 0 Å². The first kappa shape index (κ1) is 19.9. The number of carbonyl (C=O) groups excluding carboxylic acids is 1. The maximum Gasteiger partial charge on any atom is 0.417 e. The number of alkyl halides is 3. The fraction of sp³-hybridized carbons (Fsp3) is 0.368. The van der Waals surface area contributed by atoms with Gasteiger partial charge in [-0.2, -0.15) is 13.2 Å². The van der Waals surface area contributed by atoms with Crippen LogP contribution in [0, 0.1) is 5.82 Å². The smallest absolute Gasteiger partial charge is 0.356 e. The van der Waals surface area contributed by atoms with Crippen molar-refractivity contribution in [3.8, 4) is 0 Å². The predicted octanol–water partition coefficient (Wildman–Crippen LogP) is 3.71. The molecule has 0 spiro atoms. The summed E-state index contributed by atoms with van der Waals surface area (Å²) in [5.41, 5.74) is -0.375. The number of carbonyl (C=O) groups is 1. The van der Waals surface area contributed by atoms with Crippen molar-refractivity contribution in [3.63, 3.8) is 0 Å². The van der Waals surface area contributed by atoms with Crippen LogP contribution < -0.4 is 15.5 Å². The van der Waals surface area contributed by atoms with Crippen LogP contribution in [0.2, 0.25) is 0 Å². The molecule has 2 N–H and O–H groups in total. The van der Waals surface area contributed by atoms with Crippen molar-refractivity contribution >= 4 is 11.8 Å². The minimum atomic E-state index is -4.40. The molecule has 0 bridgehead atoms. The maximum absolute atomic E-state index is 13.5. The average Bonchev–Trinajstić information content (AvgIpc) is 2.67. The van der Waals surface area contributed by atoms with Gasteiger partial charge in [0.05, 0.1) is 5.56 Å². The van der Waals surface area contributed by atoms with E-state index in [1.165, 1.54) is 12.1 Å². The zero-order chi connectivity index (χ0) is 20.1. The lowest BCUT2D eigenvalue weighted by molar-refractivity contribution is -0.137. The fourth-order valence-corrected chi connectivity index (χ4v) is 3.05. The highest BCUT2D eigenvalue weighted by Crippen LogP contribution is 2.29. The molecule has 0 atom stereocenters. The van der Waals surface area contributed by atoms with E-state index in [-0.39, 0.29) is 24.4 Å². The van der Waals surface area contributed by atoms with Gasteiger partial charge in [-0.3, -0.25) is 0 Å². The highest BCUT2D eigenvalue weighted by molar-refractivity contribution is 5.74. The van der Waals surface area contributed by atoms with Gasteiger partial charge < -0.3 is 15.5 Å². The van der Waals surface area contributed by atoms with Crippen LogP contribution in [0.3, 0.4) is 0 Å². The molecule has 2 heterocycles. The summed E-state index contributed by atoms with van der Waals surface area (Å²) in [5.74, 6) is 0.107. The molecule has 9 heteroatoms. The van der Waals surface area contributed by atoms with Crippen LogP contribution in [0.1, 0.15) is 24.0 Å². The van der Waals surface area contributed by atoms with E-state index in [1.54, 1.807) is 18.2 Å². The van der Waals surface area contributed by atoms with Crippen molar-refractivity contribution < 1.29 is 22.4 Å². The molecule has 1 saturated heterocycles. The number of hydrogen-bond donors (Lipinski definition) is 2. The van der Waals surface area contributed by atoms with Crippen LogP contribution in [0.15, 0.2) is 42.6 Å². The number of pyridine rings is 1. The number of benzene rings is 1. The molecule has 0 radical (unpaired) electrons. The Balaban J connectivity index is 1.45. The van der Waals surface area contributed by atoms with E-state index in [1.807, 2.05) is 4.90 Å². The first-order chi connectivity index (χ1) is 13.3. The van der Waals surface area contributed by atoms with Gasteiger partial charge in [-0.05, 0) is 31.0 Å². The maximum atomic E-state index is 13.5. The number of hydrogen-bond acceptors (Lipinski definition) is 3. The van der Waals surface area contributed by atoms with Gasteiger partial charge in [0.1, 0.15) is 11.6 Å². The molecule has 0 unspecified atom stereocenters. The van der Waals surface area contributed by atoms with Gasteiger partial charge in [-0.15, -0.1) is 0 Å². The minimum absolute atomic E-state index is 0.0636. The van der Waals surface area contributed by atoms with Gasteiger partial charge in [0.15, 0.2) is 0 Å². The Labute approximate surface area is 159 Å². The molecule has 150 valence electrons. The molecular formula is C19H20F4N4O. The molecule has 1 fully saturated rings. The number of rotatable bonds is 4. The Morgan fingerprint density at radius 1 is 1.14 bits per heavy atom. The number of anilines is 1. The molecule has 1 aromatic carbocycles. The normalized spacial score (nSPS) is 15.4. The lowest BCUT2D eigenvalue weighted by Crippen LogP contribution is -2.48. The SMILES string of the molecule is O=C(NCc1ccccc1F)NC1CCN(c2ccc(C(F)(F)F)cn2)CC1. The summed E-state index contributed by atoms with van der Waals surface area (Å²) in [4.78, 5) is 17.8. The summed E-state index contributed by atoms with van der Waals surface area (Å²) >= 11 is 0. The quantitative estimate of drug-likeness (QED) is 0.775. The molecular weight excluding hydrogens is 376 g/mol. The van der Waals surface area contributed by atoms with E-state index in [0.717, 1.165) is 12.3 Å². The fourth-order valence-electron chi connectivity index (χ4n) is 3.05. The molecule has 0 aliphatic carbocycles. The van der Waals surface area contributed by atoms with Crippen molar-refractivity contribution in [1.82, 2.24) is 15.6 Å². The van der Waals surface area contributed by atoms with Crippen LogP contribution in [-0.4, -0.2) is 30.1 Å². The van der Waals surface area contributed by atoms with E-state index >= 15 is 0 Å². The third kappa shape index (κ3) is 5.11. The van der Waals surface area contributed by atoms with Crippen molar-refractivity contribution in [2.45, 2.75) is 31.6 Å². The molecule has 28 heavy (non-hydrogen) atoms. The zero-order valence-corrected chi connectivity index (χ0v) is 15.0. The predicted molar refractivity (Wildman–Crippen MR) is 96.2 cm³/mol. The number of nitrogens with one attached hydrogen (secondary N) is 2. The van der Waals surface area contributed by atoms with Gasteiger partial charge in [-0.25, -0.2) is 14.2 Å². The first-order valence-electron chi connectivity index (χ1n) is 8.89. The third-order valence-corrected chi connectivity index (χ3v) is 4.63. The number of urea groups is 1. The number of aromatic nitrogens is 1. The Kier molecular flexibility index (Phi) is 6.01. The standard InChI is InChI=1S/C19H20F4N4O/c20-16-4-2-1-3-13(16)11-25-18(28)26-15-7-9-27(10-8-15)17-6-5-14(12-24-17)19(21,22)23/h1-6,12,15H,7-11H2,(H2,25,26,28). The van der Waals surface area contributed by atoms with E-state index in [4.69, 9.17) is 0 Å². The highest BCUT2D eigenvalue weighted by Gasteiger charge is 2.31. The van der Waals surface area contributed by atoms with E-state index in [9.17, 15) is 22.4 Å². The van der Waals surface area contributed by atoms with Gasteiger partial charge in [0.2, 0.25) is 0 Å². The molecule has 1 aromatic heterocycles. The number of amides is 2. The average molecular weight is 396 g/mol. The second-order valence-electron chi connectivity index (χ2n) is 6.58. The molecule has 2 amide bonds. The lowest BCUT2D eigenvalue weighted by Gasteiger charge is -2.33. The van der Waals surface area contributed by atoms with E-state index in [0.29, 0.717) is 37.3 Å². The molecule has 0 saturated carbocycles. The minimum Gasteiger partial charge on any atom is -0.356 e. The molecule has 1 aliphatic rings. The van der Waals surface area contributed by atoms with Gasteiger partial charge in [-0.1, -0.05) is 18.2 Å². The van der Waals surface area contributed by atoms with Crippen LogP contribution in [0.4, 0.5) is 28.2 Å². The van der Waals surface area contributed by atoms with Crippen molar-refractivity contribution in [2.75, 3.05) is 18.0 Å². The summed E-state index contributed by atoms with van der Waals surface area (Å²) < 4.78 is 51.4. The van der Waals surface area contributed by atoms with Gasteiger partial charge >= 0.3 is 12.2 Å². The Hall–Kier alpha value is -2.84. The topological polar surface area (TPSA) is 57.3 Å². The monoisotopic (exact) mass is 396 g/mol. The first-order valence-corrected chi connectivity index (χ1v) is 8.89. The summed E-state index contributed by atoms with van der Waals surface area (Å²) in [7, 11) is 0. The number of piperidine rings is 1. The third-order valence-electron chi connectivity index (χ3n) is 4.63. The second-order valence-corrected chi connectivity index (χ2v) is 6.58. The molecule has 3 rings (SSSR count). The second kappa shape index (κ2) is 8.45. The highest BCUT2D eigenvalue weighted by atomic mass is 19.4. The van der Waals surface area contributed by atoms with Crippen LogP contribution >= 0.6 is 0 Å². The summed E-state index contributed by atoms with van der Waals surface area (Å²) in [6, 6.07) is 8.15. The van der Waals surface area contributed by atoms with Crippen molar-refractivity contribution in [3.05, 3.63) is 59.5 Å². The van der Waals surface area contributed by atoms with Crippen LogP contribution in [0.5, 0.6) is 0 Å². The Morgan fingerprint density at radius 3 is 2.46 bits per heavy atom. The summed E-state index contributed by atoms with van der Waals surface area (Å²) in [5, 5.41) is 5.47. The number of halogens is 4.